The molecule has 0 fully saturated rings. The molecule has 0 heterocycles. The van der Waals surface area contributed by atoms with Crippen molar-refractivity contribution in [1.29, 1.82) is 0 Å². The van der Waals surface area contributed by atoms with Crippen molar-refractivity contribution in [2.24, 2.45) is 23.5 Å². The third-order valence-electron chi connectivity index (χ3n) is 4.38. The van der Waals surface area contributed by atoms with Crippen LogP contribution in [0.5, 0.6) is 11.5 Å². The Labute approximate surface area is 194 Å². The van der Waals surface area contributed by atoms with Crippen LogP contribution in [0.1, 0.15) is 54.0 Å². The van der Waals surface area contributed by atoms with Crippen LogP contribution < -0.4 is 15.2 Å². The highest BCUT2D eigenvalue weighted by molar-refractivity contribution is 5.78. The molecule has 1 rings (SSSR count). The average molecular weight is 466 g/mol. The van der Waals surface area contributed by atoms with Gasteiger partial charge in [-0.1, -0.05) is 47.6 Å². The Bertz CT molecular complexity index is 847. The van der Waals surface area contributed by atoms with Crippen molar-refractivity contribution in [2.45, 2.75) is 67.0 Å². The van der Waals surface area contributed by atoms with Crippen molar-refractivity contribution in [3.05, 3.63) is 23.8 Å². The smallest absolute Gasteiger partial charge is 0.323 e. The van der Waals surface area contributed by atoms with Gasteiger partial charge in [-0.3, -0.25) is 19.2 Å². The van der Waals surface area contributed by atoms with E-state index < -0.39 is 36.0 Å². The molecule has 0 saturated heterocycles. The highest BCUT2D eigenvalue weighted by Crippen LogP contribution is 2.30. The van der Waals surface area contributed by atoms with Crippen LogP contribution in [0.3, 0.4) is 0 Å². The Morgan fingerprint density at radius 2 is 1.27 bits per heavy atom. The third kappa shape index (κ3) is 9.61. The molecule has 9 nitrogen and oxygen atoms in total. The Morgan fingerprint density at radius 1 is 0.758 bits per heavy atom. The number of carbonyl (C=O) groups excluding carboxylic acids is 4. The van der Waals surface area contributed by atoms with Gasteiger partial charge in [-0.05, 0) is 31.0 Å². The van der Waals surface area contributed by atoms with Crippen molar-refractivity contribution < 1.29 is 38.1 Å². The monoisotopic (exact) mass is 465 g/mol. The molecule has 33 heavy (non-hydrogen) atoms. The maximum absolute atomic E-state index is 12.3. The summed E-state index contributed by atoms with van der Waals surface area (Å²) in [6.07, 6.45) is -0.517. The molecule has 1 aromatic carbocycles. The summed E-state index contributed by atoms with van der Waals surface area (Å²) in [5.74, 6) is -2.91. The van der Waals surface area contributed by atoms with Crippen molar-refractivity contribution >= 4 is 23.9 Å². The van der Waals surface area contributed by atoms with Crippen LogP contribution in [0.4, 0.5) is 0 Å². The molecule has 2 N–H and O–H groups in total. The van der Waals surface area contributed by atoms with Crippen molar-refractivity contribution in [1.82, 2.24) is 0 Å². The van der Waals surface area contributed by atoms with E-state index in [1.165, 1.54) is 12.1 Å². The average Bonchev–Trinajstić information content (AvgIpc) is 2.73. The van der Waals surface area contributed by atoms with E-state index in [9.17, 15) is 19.2 Å². The first-order valence-electron chi connectivity index (χ1n) is 11.0. The predicted octanol–water partition coefficient (Wildman–Crippen LogP) is 2.81. The van der Waals surface area contributed by atoms with Gasteiger partial charge in [0.1, 0.15) is 18.8 Å². The largest absolute Gasteiger partial charge is 0.461 e. The van der Waals surface area contributed by atoms with Gasteiger partial charge < -0.3 is 24.7 Å². The highest BCUT2D eigenvalue weighted by Gasteiger charge is 2.22. The first-order chi connectivity index (χ1) is 15.3. The summed E-state index contributed by atoms with van der Waals surface area (Å²) in [5, 5.41) is 0. The number of nitrogens with two attached hydrogens (primary N) is 1. The van der Waals surface area contributed by atoms with Gasteiger partial charge in [-0.15, -0.1) is 0 Å². The van der Waals surface area contributed by atoms with Gasteiger partial charge in [-0.2, -0.15) is 0 Å². The van der Waals surface area contributed by atoms with Gasteiger partial charge in [0, 0.05) is 0 Å². The number of rotatable bonds is 11. The molecular formula is C24H35NO8. The number of hydrogen-bond acceptors (Lipinski definition) is 9. The summed E-state index contributed by atoms with van der Waals surface area (Å²) in [6, 6.07) is 3.61. The Morgan fingerprint density at radius 3 is 1.79 bits per heavy atom. The normalized spacial score (nSPS) is 12.9. The molecule has 0 aliphatic heterocycles. The summed E-state index contributed by atoms with van der Waals surface area (Å²) >= 11 is 0. The molecule has 184 valence electrons. The van der Waals surface area contributed by atoms with E-state index in [0.717, 1.165) is 0 Å². The van der Waals surface area contributed by atoms with Crippen LogP contribution >= 0.6 is 0 Å². The molecule has 0 bridgehead atoms. The second-order valence-corrected chi connectivity index (χ2v) is 8.78. The highest BCUT2D eigenvalue weighted by atomic mass is 16.6. The number of ether oxygens (including phenoxy) is 4. The van der Waals surface area contributed by atoms with Gasteiger partial charge in [0.25, 0.3) is 0 Å². The minimum atomic E-state index is -1.00. The number of benzene rings is 1. The van der Waals surface area contributed by atoms with Gasteiger partial charge in [-0.25, -0.2) is 0 Å². The minimum Gasteiger partial charge on any atom is -0.461 e. The Balaban J connectivity index is 2.86. The standard InChI is InChI=1S/C24H35NO8/c1-13(2)21(26)31-16(7)12-30-24(29)18(25)10-17-8-9-19(32-22(27)14(3)4)20(11-17)33-23(28)15(5)6/h8-9,11,13-16,18H,10,12,25H2,1-7H3/t16-,18-/m0/s1. The first kappa shape index (κ1) is 28.1. The zero-order valence-electron chi connectivity index (χ0n) is 20.4. The van der Waals surface area contributed by atoms with Crippen molar-refractivity contribution in [3.8, 4) is 11.5 Å². The van der Waals surface area contributed by atoms with E-state index in [-0.39, 0.29) is 42.3 Å². The minimum absolute atomic E-state index is 0.0648. The second kappa shape index (κ2) is 12.9. The zero-order valence-corrected chi connectivity index (χ0v) is 20.4. The van der Waals surface area contributed by atoms with Crippen LogP contribution in [0.15, 0.2) is 18.2 Å². The van der Waals surface area contributed by atoms with Crippen LogP contribution in [-0.2, 0) is 35.1 Å². The van der Waals surface area contributed by atoms with Gasteiger partial charge in [0.05, 0.1) is 17.8 Å². The molecule has 1 aromatic rings. The summed E-state index contributed by atoms with van der Waals surface area (Å²) in [7, 11) is 0. The Hall–Kier alpha value is -2.94. The van der Waals surface area contributed by atoms with E-state index in [4.69, 9.17) is 24.7 Å². The van der Waals surface area contributed by atoms with Gasteiger partial charge in [0.15, 0.2) is 11.5 Å². The predicted molar refractivity (Wildman–Crippen MR) is 120 cm³/mol. The topological polar surface area (TPSA) is 131 Å². The maximum atomic E-state index is 12.3. The van der Waals surface area contributed by atoms with Crippen molar-refractivity contribution in [3.63, 3.8) is 0 Å². The zero-order chi connectivity index (χ0) is 25.3. The summed E-state index contributed by atoms with van der Waals surface area (Å²) in [4.78, 5) is 48.0. The molecule has 0 spiro atoms. The molecule has 9 heteroatoms. The lowest BCUT2D eigenvalue weighted by molar-refractivity contribution is -0.161. The van der Waals surface area contributed by atoms with E-state index in [0.29, 0.717) is 5.56 Å². The molecule has 0 aliphatic rings. The Kier molecular flexibility index (Phi) is 11.0. The molecular weight excluding hydrogens is 430 g/mol. The molecule has 0 saturated carbocycles. The molecule has 0 aromatic heterocycles. The summed E-state index contributed by atoms with van der Waals surface area (Å²) < 4.78 is 21.0. The fraction of sp³-hybridized carbons (Fsp3) is 0.583. The number of carbonyl (C=O) groups is 4. The molecule has 2 atom stereocenters. The second-order valence-electron chi connectivity index (χ2n) is 8.78. The molecule has 0 radical (unpaired) electrons. The summed E-state index contributed by atoms with van der Waals surface area (Å²) in [6.45, 7) is 11.6. The van der Waals surface area contributed by atoms with Crippen LogP contribution in [-0.4, -0.2) is 42.6 Å². The van der Waals surface area contributed by atoms with Crippen LogP contribution in [0.25, 0.3) is 0 Å². The number of hydrogen-bond donors (Lipinski definition) is 1. The third-order valence-corrected chi connectivity index (χ3v) is 4.38. The SMILES string of the molecule is CC(C)C(=O)Oc1ccc(C[C@H](N)C(=O)OC[C@H](C)OC(=O)C(C)C)cc1OC(=O)C(C)C. The van der Waals surface area contributed by atoms with Gasteiger partial charge >= 0.3 is 23.9 Å². The molecule has 0 aliphatic carbocycles. The fourth-order valence-electron chi connectivity index (χ4n) is 2.31. The van der Waals surface area contributed by atoms with Crippen molar-refractivity contribution in [2.75, 3.05) is 6.61 Å². The lowest BCUT2D eigenvalue weighted by Crippen LogP contribution is -2.36. The quantitative estimate of drug-likeness (QED) is 0.387. The van der Waals surface area contributed by atoms with E-state index in [1.54, 1.807) is 54.5 Å². The number of esters is 4. The maximum Gasteiger partial charge on any atom is 0.323 e. The molecule has 0 amide bonds. The van der Waals surface area contributed by atoms with Crippen LogP contribution in [0.2, 0.25) is 0 Å². The summed E-state index contributed by atoms with van der Waals surface area (Å²) in [5.41, 5.74) is 6.55. The van der Waals surface area contributed by atoms with E-state index in [2.05, 4.69) is 0 Å². The lowest BCUT2D eigenvalue weighted by Gasteiger charge is -2.18. The lowest BCUT2D eigenvalue weighted by atomic mass is 10.1. The first-order valence-corrected chi connectivity index (χ1v) is 11.0. The van der Waals surface area contributed by atoms with Gasteiger partial charge in [0.2, 0.25) is 0 Å². The van der Waals surface area contributed by atoms with E-state index >= 15 is 0 Å². The fourth-order valence-corrected chi connectivity index (χ4v) is 2.31. The van der Waals surface area contributed by atoms with E-state index in [1.807, 2.05) is 0 Å². The van der Waals surface area contributed by atoms with Crippen LogP contribution in [0, 0.1) is 17.8 Å². The molecule has 0 unspecified atom stereocenters.